The fourth-order valence-corrected chi connectivity index (χ4v) is 6.73. The number of carbonyl (C=O) groups excluding carboxylic acids is 2. The second-order valence-electron chi connectivity index (χ2n) is 9.01. The highest BCUT2D eigenvalue weighted by Crippen LogP contribution is 2.38. The molecule has 0 radical (unpaired) electrons. The van der Waals surface area contributed by atoms with E-state index in [0.717, 1.165) is 29.7 Å². The summed E-state index contributed by atoms with van der Waals surface area (Å²) in [6.07, 6.45) is 2.57. The predicted molar refractivity (Wildman–Crippen MR) is 130 cm³/mol. The SMILES string of the molecule is COc1ccc(C(=O)N2CCN(S(=O)(=O)c3cc4c5c(c3)CCC(=O)N5CCC4)CC2)cc1OC. The summed E-state index contributed by atoms with van der Waals surface area (Å²) < 4.78 is 39.0. The molecule has 3 aliphatic heterocycles. The summed E-state index contributed by atoms with van der Waals surface area (Å²) >= 11 is 0. The van der Waals surface area contributed by atoms with E-state index in [2.05, 4.69) is 0 Å². The summed E-state index contributed by atoms with van der Waals surface area (Å²) in [7, 11) is -0.665. The molecule has 0 unspecified atom stereocenters. The zero-order valence-corrected chi connectivity index (χ0v) is 20.8. The van der Waals surface area contributed by atoms with Gasteiger partial charge in [0.1, 0.15) is 0 Å². The van der Waals surface area contributed by atoms with Gasteiger partial charge in [-0.1, -0.05) is 0 Å². The van der Waals surface area contributed by atoms with Crippen LogP contribution in [0, 0.1) is 0 Å². The number of sulfonamides is 1. The number of benzene rings is 2. The molecule has 0 aromatic heterocycles. The quantitative estimate of drug-likeness (QED) is 0.625. The third kappa shape index (κ3) is 4.14. The summed E-state index contributed by atoms with van der Waals surface area (Å²) in [4.78, 5) is 29.1. The Morgan fingerprint density at radius 3 is 2.23 bits per heavy atom. The molecule has 0 aliphatic carbocycles. The maximum absolute atomic E-state index is 13.5. The summed E-state index contributed by atoms with van der Waals surface area (Å²) in [5.74, 6) is 0.947. The van der Waals surface area contributed by atoms with Crippen molar-refractivity contribution >= 4 is 27.5 Å². The molecule has 3 heterocycles. The van der Waals surface area contributed by atoms with Gasteiger partial charge in [-0.25, -0.2) is 8.42 Å². The lowest BCUT2D eigenvalue weighted by molar-refractivity contribution is -0.119. The maximum Gasteiger partial charge on any atom is 0.254 e. The van der Waals surface area contributed by atoms with E-state index in [-0.39, 0.29) is 29.8 Å². The van der Waals surface area contributed by atoms with E-state index < -0.39 is 10.0 Å². The molecule has 9 nitrogen and oxygen atoms in total. The van der Waals surface area contributed by atoms with Crippen molar-refractivity contribution < 1.29 is 27.5 Å². The van der Waals surface area contributed by atoms with E-state index in [1.807, 2.05) is 4.90 Å². The number of hydrogen-bond donors (Lipinski definition) is 0. The van der Waals surface area contributed by atoms with Crippen LogP contribution in [0.1, 0.15) is 34.3 Å². The minimum absolute atomic E-state index is 0.115. The zero-order valence-electron chi connectivity index (χ0n) is 20.0. The van der Waals surface area contributed by atoms with Crippen LogP contribution >= 0.6 is 0 Å². The zero-order chi connectivity index (χ0) is 24.7. The number of carbonyl (C=O) groups is 2. The first-order valence-electron chi connectivity index (χ1n) is 11.8. The summed E-state index contributed by atoms with van der Waals surface area (Å²) in [6, 6.07) is 8.47. The van der Waals surface area contributed by atoms with E-state index in [4.69, 9.17) is 9.47 Å². The number of anilines is 1. The highest BCUT2D eigenvalue weighted by Gasteiger charge is 2.35. The third-order valence-electron chi connectivity index (χ3n) is 7.04. The predicted octanol–water partition coefficient (Wildman–Crippen LogP) is 2.08. The van der Waals surface area contributed by atoms with Crippen LogP contribution in [0.2, 0.25) is 0 Å². The van der Waals surface area contributed by atoms with Crippen LogP contribution in [0.25, 0.3) is 0 Å². The molecule has 3 aliphatic rings. The normalized spacial score (nSPS) is 18.3. The Balaban J connectivity index is 1.32. The summed E-state index contributed by atoms with van der Waals surface area (Å²) in [5.41, 5.74) is 3.24. The first-order chi connectivity index (χ1) is 16.8. The standard InChI is InChI=1S/C25H29N3O6S/c1-33-21-7-5-19(16-22(21)34-2)25(30)26-10-12-27(13-11-26)35(31,32)20-14-17-4-3-9-28-23(29)8-6-18(15-20)24(17)28/h5,7,14-16H,3-4,6,8-13H2,1-2H3. The Kier molecular flexibility index (Phi) is 6.18. The van der Waals surface area contributed by atoms with Gasteiger partial charge in [-0.2, -0.15) is 4.31 Å². The van der Waals surface area contributed by atoms with Crippen LogP contribution in [-0.2, 0) is 27.7 Å². The molecule has 0 saturated carbocycles. The van der Waals surface area contributed by atoms with Gasteiger partial charge in [0.15, 0.2) is 11.5 Å². The van der Waals surface area contributed by atoms with Gasteiger partial charge >= 0.3 is 0 Å². The average Bonchev–Trinajstić information content (AvgIpc) is 2.89. The number of methoxy groups -OCH3 is 2. The van der Waals surface area contributed by atoms with Crippen LogP contribution in [0.15, 0.2) is 35.2 Å². The van der Waals surface area contributed by atoms with Gasteiger partial charge in [-0.3, -0.25) is 9.59 Å². The lowest BCUT2D eigenvalue weighted by atomic mass is 9.92. The summed E-state index contributed by atoms with van der Waals surface area (Å²) in [5, 5.41) is 0. The number of hydrogen-bond acceptors (Lipinski definition) is 6. The van der Waals surface area contributed by atoms with E-state index in [9.17, 15) is 18.0 Å². The van der Waals surface area contributed by atoms with Crippen molar-refractivity contribution in [3.05, 3.63) is 47.0 Å². The van der Waals surface area contributed by atoms with Crippen molar-refractivity contribution in [2.75, 3.05) is 51.8 Å². The molecule has 35 heavy (non-hydrogen) atoms. The minimum atomic E-state index is -3.71. The average molecular weight is 500 g/mol. The van der Waals surface area contributed by atoms with Crippen molar-refractivity contribution in [2.45, 2.75) is 30.6 Å². The molecule has 10 heteroatoms. The number of amides is 2. The summed E-state index contributed by atoms with van der Waals surface area (Å²) in [6.45, 7) is 1.73. The topological polar surface area (TPSA) is 96.5 Å². The first kappa shape index (κ1) is 23.6. The maximum atomic E-state index is 13.5. The van der Waals surface area contributed by atoms with Crippen molar-refractivity contribution in [3.63, 3.8) is 0 Å². The van der Waals surface area contributed by atoms with Gasteiger partial charge in [-0.15, -0.1) is 0 Å². The molecule has 0 spiro atoms. The van der Waals surface area contributed by atoms with Gasteiger partial charge in [0.2, 0.25) is 15.9 Å². The van der Waals surface area contributed by atoms with Crippen LogP contribution in [0.5, 0.6) is 11.5 Å². The van der Waals surface area contributed by atoms with Gasteiger partial charge in [0.25, 0.3) is 5.91 Å². The smallest absolute Gasteiger partial charge is 0.254 e. The Labute approximate surface area is 205 Å². The van der Waals surface area contributed by atoms with Crippen LogP contribution in [-0.4, -0.2) is 76.4 Å². The Morgan fingerprint density at radius 1 is 0.857 bits per heavy atom. The second kappa shape index (κ2) is 9.16. The van der Waals surface area contributed by atoms with Gasteiger partial charge in [0.05, 0.1) is 24.8 Å². The fraction of sp³-hybridized carbons (Fsp3) is 0.440. The molecule has 1 saturated heterocycles. The van der Waals surface area contributed by atoms with Crippen molar-refractivity contribution in [3.8, 4) is 11.5 Å². The van der Waals surface area contributed by atoms with E-state index in [1.54, 1.807) is 35.2 Å². The van der Waals surface area contributed by atoms with Crippen molar-refractivity contribution in [1.29, 1.82) is 0 Å². The second-order valence-corrected chi connectivity index (χ2v) is 10.9. The molecule has 0 bridgehead atoms. The molecule has 0 N–H and O–H groups in total. The van der Waals surface area contributed by atoms with Gasteiger partial charge in [0, 0.05) is 44.7 Å². The molecule has 5 rings (SSSR count). The monoisotopic (exact) mass is 499 g/mol. The Bertz CT molecular complexity index is 1270. The lowest BCUT2D eigenvalue weighted by Gasteiger charge is -2.37. The molecular weight excluding hydrogens is 470 g/mol. The van der Waals surface area contributed by atoms with E-state index in [0.29, 0.717) is 49.5 Å². The van der Waals surface area contributed by atoms with E-state index >= 15 is 0 Å². The molecule has 0 atom stereocenters. The molecule has 2 amide bonds. The molecule has 2 aromatic rings. The van der Waals surface area contributed by atoms with Gasteiger partial charge in [-0.05, 0) is 60.7 Å². The van der Waals surface area contributed by atoms with Crippen molar-refractivity contribution in [1.82, 2.24) is 9.21 Å². The number of aryl methyl sites for hydroxylation is 2. The molecule has 2 aromatic carbocycles. The van der Waals surface area contributed by atoms with Gasteiger partial charge < -0.3 is 19.3 Å². The van der Waals surface area contributed by atoms with Crippen LogP contribution in [0.3, 0.4) is 0 Å². The largest absolute Gasteiger partial charge is 0.493 e. The van der Waals surface area contributed by atoms with Crippen molar-refractivity contribution in [2.24, 2.45) is 0 Å². The third-order valence-corrected chi connectivity index (χ3v) is 8.92. The van der Waals surface area contributed by atoms with E-state index in [1.165, 1.54) is 18.5 Å². The Morgan fingerprint density at radius 2 is 1.54 bits per heavy atom. The van der Waals surface area contributed by atoms with Crippen LogP contribution < -0.4 is 14.4 Å². The Hall–Kier alpha value is -3.11. The minimum Gasteiger partial charge on any atom is -0.493 e. The highest BCUT2D eigenvalue weighted by molar-refractivity contribution is 7.89. The molecule has 1 fully saturated rings. The first-order valence-corrected chi connectivity index (χ1v) is 13.2. The van der Waals surface area contributed by atoms with Crippen LogP contribution in [0.4, 0.5) is 5.69 Å². The number of nitrogens with zero attached hydrogens (tertiary/aromatic N) is 3. The molecule has 186 valence electrons. The number of piperazine rings is 1. The molecular formula is C25H29N3O6S. The number of rotatable bonds is 5. The number of ether oxygens (including phenoxy) is 2. The lowest BCUT2D eigenvalue weighted by Crippen LogP contribution is -2.50. The fourth-order valence-electron chi connectivity index (χ4n) is 5.20. The highest BCUT2D eigenvalue weighted by atomic mass is 32.2.